The van der Waals surface area contributed by atoms with Gasteiger partial charge in [-0.1, -0.05) is 17.7 Å². The minimum absolute atomic E-state index is 0.0559. The fourth-order valence-electron chi connectivity index (χ4n) is 2.46. The lowest BCUT2D eigenvalue weighted by Gasteiger charge is -2.08. The van der Waals surface area contributed by atoms with Crippen LogP contribution in [0.4, 0.5) is 10.3 Å². The van der Waals surface area contributed by atoms with E-state index in [0.717, 1.165) is 0 Å². The Morgan fingerprint density at radius 1 is 1.26 bits per heavy atom. The van der Waals surface area contributed by atoms with E-state index in [9.17, 15) is 9.18 Å². The van der Waals surface area contributed by atoms with Crippen LogP contribution in [0.15, 0.2) is 36.4 Å². The molecule has 0 bridgehead atoms. The summed E-state index contributed by atoms with van der Waals surface area (Å²) >= 11 is 5.94. The van der Waals surface area contributed by atoms with E-state index in [0.29, 0.717) is 22.9 Å². The van der Waals surface area contributed by atoms with Gasteiger partial charge in [-0.25, -0.2) is 4.39 Å². The maximum Gasteiger partial charge on any atom is 0.249 e. The van der Waals surface area contributed by atoms with Crippen molar-refractivity contribution in [3.8, 4) is 22.9 Å². The largest absolute Gasteiger partial charge is 0.497 e. The molecule has 0 fully saturated rings. The Labute approximate surface area is 159 Å². The number of benzene rings is 2. The van der Waals surface area contributed by atoms with Crippen LogP contribution in [0, 0.1) is 5.82 Å². The van der Waals surface area contributed by atoms with Crippen molar-refractivity contribution < 1.29 is 18.7 Å². The zero-order valence-corrected chi connectivity index (χ0v) is 15.3. The highest BCUT2D eigenvalue weighted by Crippen LogP contribution is 2.31. The fourth-order valence-corrected chi connectivity index (χ4v) is 2.69. The van der Waals surface area contributed by atoms with E-state index >= 15 is 0 Å². The first-order chi connectivity index (χ1) is 13.0. The number of carbonyl (C=O) groups is 1. The lowest BCUT2D eigenvalue weighted by molar-refractivity contribution is -0.115. The standard InChI is InChI=1S/C18H16ClFN4O3/c1-26-10-6-7-11(15(8-10)27-2)17-22-18(24-23-17)21-16(25)9-12-13(19)4-3-5-14(12)20/h3-8H,9H2,1-2H3,(H2,21,22,23,24,25). The van der Waals surface area contributed by atoms with Gasteiger partial charge >= 0.3 is 0 Å². The quantitative estimate of drug-likeness (QED) is 0.672. The van der Waals surface area contributed by atoms with E-state index in [1.165, 1.54) is 25.3 Å². The molecule has 3 aromatic rings. The molecule has 1 heterocycles. The molecule has 0 aliphatic heterocycles. The average Bonchev–Trinajstić information content (AvgIpc) is 3.12. The van der Waals surface area contributed by atoms with Gasteiger partial charge in [0.15, 0.2) is 5.82 Å². The number of aromatic nitrogens is 3. The smallest absolute Gasteiger partial charge is 0.249 e. The molecule has 0 saturated heterocycles. The first-order valence-electron chi connectivity index (χ1n) is 7.89. The maximum absolute atomic E-state index is 13.8. The molecule has 2 N–H and O–H groups in total. The second-order valence-corrected chi connectivity index (χ2v) is 5.91. The molecule has 1 aromatic heterocycles. The fraction of sp³-hybridized carbons (Fsp3) is 0.167. The minimum Gasteiger partial charge on any atom is -0.497 e. The lowest BCUT2D eigenvalue weighted by Crippen LogP contribution is -2.16. The SMILES string of the molecule is COc1ccc(-c2nc(NC(=O)Cc3c(F)cccc3Cl)n[nH]2)c(OC)c1. The zero-order valence-electron chi connectivity index (χ0n) is 14.5. The highest BCUT2D eigenvalue weighted by molar-refractivity contribution is 6.31. The lowest BCUT2D eigenvalue weighted by atomic mass is 10.1. The van der Waals surface area contributed by atoms with E-state index in [1.807, 2.05) is 0 Å². The highest BCUT2D eigenvalue weighted by atomic mass is 35.5. The topological polar surface area (TPSA) is 89.1 Å². The van der Waals surface area contributed by atoms with Crippen LogP contribution < -0.4 is 14.8 Å². The molecule has 0 aliphatic carbocycles. The van der Waals surface area contributed by atoms with Gasteiger partial charge in [0, 0.05) is 16.7 Å². The van der Waals surface area contributed by atoms with Crippen molar-refractivity contribution in [3.63, 3.8) is 0 Å². The van der Waals surface area contributed by atoms with E-state index < -0.39 is 11.7 Å². The normalized spacial score (nSPS) is 10.5. The summed E-state index contributed by atoms with van der Waals surface area (Å²) < 4.78 is 24.3. The third-order valence-electron chi connectivity index (χ3n) is 3.80. The Morgan fingerprint density at radius 3 is 2.78 bits per heavy atom. The van der Waals surface area contributed by atoms with Crippen LogP contribution in [0.2, 0.25) is 5.02 Å². The average molecular weight is 391 g/mol. The second-order valence-electron chi connectivity index (χ2n) is 5.50. The molecule has 2 aromatic carbocycles. The highest BCUT2D eigenvalue weighted by Gasteiger charge is 2.16. The van der Waals surface area contributed by atoms with Gasteiger partial charge in [-0.3, -0.25) is 15.2 Å². The van der Waals surface area contributed by atoms with E-state index in [1.54, 1.807) is 25.3 Å². The summed E-state index contributed by atoms with van der Waals surface area (Å²) in [5, 5.41) is 9.38. The van der Waals surface area contributed by atoms with Crippen LogP contribution in [-0.4, -0.2) is 35.3 Å². The van der Waals surface area contributed by atoms with Crippen LogP contribution >= 0.6 is 11.6 Å². The molecule has 3 rings (SSSR count). The summed E-state index contributed by atoms with van der Waals surface area (Å²) in [6, 6.07) is 9.45. The summed E-state index contributed by atoms with van der Waals surface area (Å²) in [4.78, 5) is 16.4. The number of aromatic amines is 1. The summed E-state index contributed by atoms with van der Waals surface area (Å²) in [5.74, 6) is 0.575. The number of carbonyl (C=O) groups excluding carboxylic acids is 1. The third-order valence-corrected chi connectivity index (χ3v) is 4.15. The van der Waals surface area contributed by atoms with Crippen molar-refractivity contribution >= 4 is 23.5 Å². The van der Waals surface area contributed by atoms with Gasteiger partial charge < -0.3 is 9.47 Å². The maximum atomic E-state index is 13.8. The molecular weight excluding hydrogens is 375 g/mol. The van der Waals surface area contributed by atoms with Crippen molar-refractivity contribution in [2.75, 3.05) is 19.5 Å². The summed E-state index contributed by atoms with van der Waals surface area (Å²) in [6.07, 6.45) is -0.235. The number of H-pyrrole nitrogens is 1. The number of methoxy groups -OCH3 is 2. The van der Waals surface area contributed by atoms with Crippen LogP contribution in [0.25, 0.3) is 11.4 Å². The third kappa shape index (κ3) is 4.17. The summed E-state index contributed by atoms with van der Waals surface area (Å²) in [6.45, 7) is 0. The Kier molecular flexibility index (Phi) is 5.56. The Balaban J connectivity index is 1.76. The van der Waals surface area contributed by atoms with E-state index in [-0.39, 0.29) is 23.0 Å². The van der Waals surface area contributed by atoms with Crippen molar-refractivity contribution in [1.82, 2.24) is 15.2 Å². The zero-order chi connectivity index (χ0) is 19.4. The Hall–Kier alpha value is -3.13. The molecule has 0 spiro atoms. The molecule has 7 nitrogen and oxygen atoms in total. The van der Waals surface area contributed by atoms with Crippen LogP contribution in [0.1, 0.15) is 5.56 Å². The van der Waals surface area contributed by atoms with Gasteiger partial charge in [-0.15, -0.1) is 5.10 Å². The van der Waals surface area contributed by atoms with E-state index in [2.05, 4.69) is 20.5 Å². The van der Waals surface area contributed by atoms with Crippen molar-refractivity contribution in [2.45, 2.75) is 6.42 Å². The molecule has 0 saturated carbocycles. The predicted molar refractivity (Wildman–Crippen MR) is 98.7 cm³/mol. The van der Waals surface area contributed by atoms with Gasteiger partial charge in [-0.2, -0.15) is 4.98 Å². The predicted octanol–water partition coefficient (Wildman–Crippen LogP) is 3.46. The first-order valence-corrected chi connectivity index (χ1v) is 8.27. The molecule has 140 valence electrons. The van der Waals surface area contributed by atoms with Crippen LogP contribution in [0.5, 0.6) is 11.5 Å². The molecule has 27 heavy (non-hydrogen) atoms. The van der Waals surface area contributed by atoms with Crippen molar-refractivity contribution in [3.05, 3.63) is 52.8 Å². The van der Waals surface area contributed by atoms with Gasteiger partial charge in [0.05, 0.1) is 26.2 Å². The Bertz CT molecular complexity index is 957. The number of halogens is 2. The number of hydrogen-bond acceptors (Lipinski definition) is 5. The summed E-state index contributed by atoms with van der Waals surface area (Å²) in [5.41, 5.74) is 0.757. The summed E-state index contributed by atoms with van der Waals surface area (Å²) in [7, 11) is 3.08. The number of nitrogens with zero attached hydrogens (tertiary/aromatic N) is 2. The number of rotatable bonds is 6. The van der Waals surface area contributed by atoms with Crippen molar-refractivity contribution in [1.29, 1.82) is 0 Å². The molecule has 0 atom stereocenters. The van der Waals surface area contributed by atoms with Crippen LogP contribution in [0.3, 0.4) is 0 Å². The van der Waals surface area contributed by atoms with Crippen LogP contribution in [-0.2, 0) is 11.2 Å². The number of hydrogen-bond donors (Lipinski definition) is 2. The molecule has 0 unspecified atom stereocenters. The number of ether oxygens (including phenoxy) is 2. The van der Waals surface area contributed by atoms with Gasteiger partial charge in [-0.05, 0) is 24.3 Å². The monoisotopic (exact) mass is 390 g/mol. The molecule has 0 radical (unpaired) electrons. The Morgan fingerprint density at radius 2 is 2.07 bits per heavy atom. The van der Waals surface area contributed by atoms with Gasteiger partial charge in [0.25, 0.3) is 0 Å². The number of amides is 1. The molecular formula is C18H16ClFN4O3. The molecule has 9 heteroatoms. The first kappa shape index (κ1) is 18.7. The molecule has 0 aliphatic rings. The number of nitrogens with one attached hydrogen (secondary N) is 2. The number of anilines is 1. The van der Waals surface area contributed by atoms with Crippen molar-refractivity contribution in [2.24, 2.45) is 0 Å². The minimum atomic E-state index is -0.545. The van der Waals surface area contributed by atoms with E-state index in [4.69, 9.17) is 21.1 Å². The molecule has 1 amide bonds. The van der Waals surface area contributed by atoms with Gasteiger partial charge in [0.1, 0.15) is 17.3 Å². The second kappa shape index (κ2) is 8.05. The van der Waals surface area contributed by atoms with Gasteiger partial charge in [0.2, 0.25) is 11.9 Å².